The van der Waals surface area contributed by atoms with Crippen molar-refractivity contribution >= 4 is 42.6 Å². The van der Waals surface area contributed by atoms with Gasteiger partial charge in [0.05, 0.1) is 0 Å². The standard InChI is InChI=1S/C10H14N2OS2Si/c1-16(2,3)13-10(14)9-12-7-5-4-6-11-8(7)15-9/h4-6,10,14H,1-3H3. The van der Waals surface area contributed by atoms with Gasteiger partial charge in [0.15, 0.2) is 8.32 Å². The molecule has 1 atom stereocenters. The van der Waals surface area contributed by atoms with E-state index in [1.165, 1.54) is 0 Å². The van der Waals surface area contributed by atoms with Gasteiger partial charge in [-0.15, -0.1) is 12.6 Å². The molecule has 3 nitrogen and oxygen atoms in total. The van der Waals surface area contributed by atoms with Crippen molar-refractivity contribution in [2.24, 2.45) is 0 Å². The number of fused-ring (bicyclic) bond motifs is 1. The van der Waals surface area contributed by atoms with Gasteiger partial charge in [-0.25, -0.2) is 9.97 Å². The van der Waals surface area contributed by atoms with Gasteiger partial charge in [0.25, 0.3) is 0 Å². The maximum Gasteiger partial charge on any atom is 0.185 e. The van der Waals surface area contributed by atoms with Crippen LogP contribution >= 0.6 is 24.0 Å². The van der Waals surface area contributed by atoms with Crippen LogP contribution in [0.15, 0.2) is 18.3 Å². The van der Waals surface area contributed by atoms with Crippen molar-refractivity contribution in [2.45, 2.75) is 25.1 Å². The predicted molar refractivity (Wildman–Crippen MR) is 73.6 cm³/mol. The molecule has 0 radical (unpaired) electrons. The zero-order valence-corrected chi connectivity index (χ0v) is 12.2. The Morgan fingerprint density at radius 1 is 1.44 bits per heavy atom. The second-order valence-electron chi connectivity index (χ2n) is 4.46. The topological polar surface area (TPSA) is 35.0 Å². The summed E-state index contributed by atoms with van der Waals surface area (Å²) in [5, 5.41) is 0.888. The SMILES string of the molecule is C[Si](C)(C)OC(S)c1nc2cccnc2s1. The van der Waals surface area contributed by atoms with Gasteiger partial charge in [-0.3, -0.25) is 0 Å². The van der Waals surface area contributed by atoms with Crippen molar-refractivity contribution in [2.75, 3.05) is 0 Å². The van der Waals surface area contributed by atoms with Gasteiger partial charge in [-0.2, -0.15) is 0 Å². The molecule has 86 valence electrons. The molecule has 16 heavy (non-hydrogen) atoms. The molecule has 0 saturated carbocycles. The van der Waals surface area contributed by atoms with E-state index in [9.17, 15) is 0 Å². The van der Waals surface area contributed by atoms with E-state index in [1.807, 2.05) is 12.1 Å². The molecule has 2 heterocycles. The zero-order chi connectivity index (χ0) is 11.8. The van der Waals surface area contributed by atoms with Gasteiger partial charge >= 0.3 is 0 Å². The monoisotopic (exact) mass is 270 g/mol. The first kappa shape index (κ1) is 12.0. The minimum atomic E-state index is -1.58. The molecule has 0 spiro atoms. The Morgan fingerprint density at radius 3 is 2.81 bits per heavy atom. The Morgan fingerprint density at radius 2 is 2.19 bits per heavy atom. The number of pyridine rings is 1. The van der Waals surface area contributed by atoms with Crippen LogP contribution in [0.3, 0.4) is 0 Å². The van der Waals surface area contributed by atoms with Crippen LogP contribution in [0.5, 0.6) is 0 Å². The molecule has 0 aromatic carbocycles. The summed E-state index contributed by atoms with van der Waals surface area (Å²) < 4.78 is 5.88. The molecule has 0 fully saturated rings. The van der Waals surface area contributed by atoms with Crippen LogP contribution < -0.4 is 0 Å². The molecule has 1 unspecified atom stereocenters. The largest absolute Gasteiger partial charge is 0.400 e. The van der Waals surface area contributed by atoms with Gasteiger partial charge in [0, 0.05) is 6.20 Å². The lowest BCUT2D eigenvalue weighted by atomic mass is 10.5. The lowest BCUT2D eigenvalue weighted by Crippen LogP contribution is -2.26. The molecule has 6 heteroatoms. The van der Waals surface area contributed by atoms with Gasteiger partial charge in [0.2, 0.25) is 0 Å². The Balaban J connectivity index is 2.26. The second-order valence-corrected chi connectivity index (χ2v) is 10.4. The first-order valence-electron chi connectivity index (χ1n) is 5.03. The fourth-order valence-corrected chi connectivity index (χ4v) is 4.13. The summed E-state index contributed by atoms with van der Waals surface area (Å²) in [4.78, 5) is 9.67. The number of thiazole rings is 1. The maximum absolute atomic E-state index is 5.88. The molecule has 0 saturated heterocycles. The summed E-state index contributed by atoms with van der Waals surface area (Å²) >= 11 is 6.00. The first-order valence-corrected chi connectivity index (χ1v) is 9.77. The van der Waals surface area contributed by atoms with Crippen molar-refractivity contribution in [3.05, 3.63) is 23.3 Å². The van der Waals surface area contributed by atoms with Crippen LogP contribution in [0.4, 0.5) is 0 Å². The third kappa shape index (κ3) is 2.82. The van der Waals surface area contributed by atoms with Crippen LogP contribution in [0.25, 0.3) is 10.3 Å². The van der Waals surface area contributed by atoms with Crippen LogP contribution in [0.2, 0.25) is 19.6 Å². The molecule has 0 amide bonds. The molecule has 0 aliphatic heterocycles. The van der Waals surface area contributed by atoms with E-state index in [2.05, 4.69) is 42.2 Å². The summed E-state index contributed by atoms with van der Waals surface area (Å²) in [5.74, 6) is 0. The average Bonchev–Trinajstić information content (AvgIpc) is 2.58. The quantitative estimate of drug-likeness (QED) is 0.527. The Labute approximate surface area is 105 Å². The highest BCUT2D eigenvalue weighted by molar-refractivity contribution is 7.80. The smallest absolute Gasteiger partial charge is 0.185 e. The molecular weight excluding hydrogens is 256 g/mol. The molecular formula is C10H14N2OS2Si. The third-order valence-corrected chi connectivity index (χ3v) is 4.55. The number of aromatic nitrogens is 2. The average molecular weight is 270 g/mol. The zero-order valence-electron chi connectivity index (χ0n) is 9.47. The minimum Gasteiger partial charge on any atom is -0.400 e. The fourth-order valence-electron chi connectivity index (χ4n) is 1.28. The number of rotatable bonds is 3. The Bertz CT molecular complexity index is 462. The lowest BCUT2D eigenvalue weighted by molar-refractivity contribution is 0.290. The fraction of sp³-hybridized carbons (Fsp3) is 0.400. The van der Waals surface area contributed by atoms with Crippen LogP contribution in [0, 0.1) is 0 Å². The van der Waals surface area contributed by atoms with Gasteiger partial charge in [-0.1, -0.05) is 11.3 Å². The second kappa shape index (κ2) is 4.44. The molecule has 2 aromatic rings. The molecule has 2 rings (SSSR count). The molecule has 2 aromatic heterocycles. The third-order valence-electron chi connectivity index (χ3n) is 1.86. The molecule has 0 aliphatic carbocycles. The van der Waals surface area contributed by atoms with E-state index in [1.54, 1.807) is 17.5 Å². The van der Waals surface area contributed by atoms with Crippen LogP contribution in [-0.4, -0.2) is 18.3 Å². The number of hydrogen-bond donors (Lipinski definition) is 1. The van der Waals surface area contributed by atoms with Gasteiger partial charge in [0.1, 0.15) is 20.8 Å². The molecule has 0 bridgehead atoms. The van der Waals surface area contributed by atoms with Crippen molar-refractivity contribution in [3.8, 4) is 0 Å². The van der Waals surface area contributed by atoms with Crippen molar-refractivity contribution in [1.29, 1.82) is 0 Å². The summed E-state index contributed by atoms with van der Waals surface area (Å²) in [6, 6.07) is 3.84. The van der Waals surface area contributed by atoms with Crippen molar-refractivity contribution < 1.29 is 4.43 Å². The summed E-state index contributed by atoms with van der Waals surface area (Å²) in [7, 11) is -1.58. The normalized spacial score (nSPS) is 14.2. The highest BCUT2D eigenvalue weighted by atomic mass is 32.1. The van der Waals surface area contributed by atoms with E-state index in [-0.39, 0.29) is 5.44 Å². The molecule has 0 N–H and O–H groups in total. The highest BCUT2D eigenvalue weighted by Crippen LogP contribution is 2.31. The summed E-state index contributed by atoms with van der Waals surface area (Å²) in [6.45, 7) is 6.42. The predicted octanol–water partition coefficient (Wildman–Crippen LogP) is 3.47. The van der Waals surface area contributed by atoms with Gasteiger partial charge in [-0.05, 0) is 31.8 Å². The number of hydrogen-bond acceptors (Lipinski definition) is 5. The van der Waals surface area contributed by atoms with Crippen molar-refractivity contribution in [1.82, 2.24) is 9.97 Å². The van der Waals surface area contributed by atoms with E-state index < -0.39 is 8.32 Å². The van der Waals surface area contributed by atoms with E-state index in [0.717, 1.165) is 15.4 Å². The highest BCUT2D eigenvalue weighted by Gasteiger charge is 2.22. The van der Waals surface area contributed by atoms with E-state index >= 15 is 0 Å². The van der Waals surface area contributed by atoms with E-state index in [4.69, 9.17) is 4.43 Å². The Kier molecular flexibility index (Phi) is 3.34. The summed E-state index contributed by atoms with van der Waals surface area (Å²) in [6.07, 6.45) is 1.77. The van der Waals surface area contributed by atoms with Gasteiger partial charge < -0.3 is 4.43 Å². The number of thiol groups is 1. The van der Waals surface area contributed by atoms with Crippen LogP contribution in [0.1, 0.15) is 10.4 Å². The number of nitrogens with zero attached hydrogens (tertiary/aromatic N) is 2. The maximum atomic E-state index is 5.88. The minimum absolute atomic E-state index is 0.231. The lowest BCUT2D eigenvalue weighted by Gasteiger charge is -2.20. The summed E-state index contributed by atoms with van der Waals surface area (Å²) in [5.41, 5.74) is 0.687. The van der Waals surface area contributed by atoms with Crippen LogP contribution in [-0.2, 0) is 4.43 Å². The Hall–Kier alpha value is -0.433. The molecule has 0 aliphatic rings. The first-order chi connectivity index (χ1) is 7.46. The van der Waals surface area contributed by atoms with Crippen molar-refractivity contribution in [3.63, 3.8) is 0 Å². The van der Waals surface area contributed by atoms with E-state index in [0.29, 0.717) is 0 Å².